The molecule has 4 atom stereocenters. The van der Waals surface area contributed by atoms with Crippen LogP contribution in [0.1, 0.15) is 49.7 Å². The second-order valence-corrected chi connectivity index (χ2v) is 10.9. The van der Waals surface area contributed by atoms with Crippen molar-refractivity contribution < 1.29 is 29.3 Å². The summed E-state index contributed by atoms with van der Waals surface area (Å²) in [6.45, 7) is 1.45. The van der Waals surface area contributed by atoms with Crippen LogP contribution in [-0.4, -0.2) is 84.1 Å². The number of amides is 2. The average molecular weight is 576 g/mol. The molecule has 0 bridgehead atoms. The molecule has 5 N–H and O–H groups in total. The smallest absolute Gasteiger partial charge is 0.410 e. The number of ether oxygens (including phenoxy) is 2. The van der Waals surface area contributed by atoms with Gasteiger partial charge in [-0.3, -0.25) is 9.36 Å². The maximum Gasteiger partial charge on any atom is 0.410 e. The summed E-state index contributed by atoms with van der Waals surface area (Å²) < 4.78 is 12.6. The Hall–Kier alpha value is -4.25. The molecule has 3 fully saturated rings. The Morgan fingerprint density at radius 3 is 2.60 bits per heavy atom. The van der Waals surface area contributed by atoms with E-state index in [4.69, 9.17) is 15.2 Å². The number of carbonyl (C=O) groups excluding carboxylic acids is 2. The second-order valence-electron chi connectivity index (χ2n) is 10.9. The lowest BCUT2D eigenvalue weighted by Crippen LogP contribution is -2.43. The van der Waals surface area contributed by atoms with Crippen molar-refractivity contribution in [2.75, 3.05) is 18.8 Å². The van der Waals surface area contributed by atoms with Crippen LogP contribution >= 0.6 is 0 Å². The molecule has 3 aromatic rings. The maximum atomic E-state index is 12.5. The fraction of sp³-hybridized carbons (Fsp3) is 0.483. The van der Waals surface area contributed by atoms with Crippen molar-refractivity contribution in [3.05, 3.63) is 48.0 Å². The first-order valence-corrected chi connectivity index (χ1v) is 14.1. The highest BCUT2D eigenvalue weighted by Gasteiger charge is 2.48. The molecule has 2 aromatic heterocycles. The van der Waals surface area contributed by atoms with Crippen LogP contribution in [0.5, 0.6) is 0 Å². The van der Waals surface area contributed by atoms with Crippen molar-refractivity contribution in [3.8, 4) is 11.8 Å². The van der Waals surface area contributed by atoms with Gasteiger partial charge in [0.2, 0.25) is 5.82 Å². The summed E-state index contributed by atoms with van der Waals surface area (Å²) in [6, 6.07) is 9.67. The van der Waals surface area contributed by atoms with Gasteiger partial charge in [-0.25, -0.2) is 19.7 Å². The number of hydrogen-bond acceptors (Lipinski definition) is 10. The fourth-order valence-electron chi connectivity index (χ4n) is 5.20. The van der Waals surface area contributed by atoms with Gasteiger partial charge in [0.05, 0.1) is 6.33 Å². The molecule has 3 aliphatic rings. The monoisotopic (exact) mass is 575 g/mol. The van der Waals surface area contributed by atoms with E-state index in [1.165, 1.54) is 10.9 Å². The van der Waals surface area contributed by atoms with Gasteiger partial charge in [0.15, 0.2) is 23.8 Å². The number of benzene rings is 1. The molecule has 1 aliphatic carbocycles. The summed E-state index contributed by atoms with van der Waals surface area (Å²) >= 11 is 0. The summed E-state index contributed by atoms with van der Waals surface area (Å²) in [7, 11) is 0. The molecular weight excluding hydrogens is 542 g/mol. The number of hydrogen-bond donors (Lipinski definition) is 4. The van der Waals surface area contributed by atoms with Crippen molar-refractivity contribution in [2.24, 2.45) is 5.92 Å². The van der Waals surface area contributed by atoms with Gasteiger partial charge in [-0.15, -0.1) is 0 Å². The summed E-state index contributed by atoms with van der Waals surface area (Å²) in [5, 5.41) is 24.0. The minimum absolute atomic E-state index is 0.0845. The normalized spacial score (nSPS) is 24.3. The Balaban J connectivity index is 1.06. The van der Waals surface area contributed by atoms with Crippen LogP contribution in [0.4, 0.5) is 10.6 Å². The molecule has 0 radical (unpaired) electrons. The maximum absolute atomic E-state index is 12.5. The largest absolute Gasteiger partial charge is 0.445 e. The third-order valence-electron chi connectivity index (χ3n) is 7.81. The summed E-state index contributed by atoms with van der Waals surface area (Å²) in [5.74, 6) is 6.23. The lowest BCUT2D eigenvalue weighted by Gasteiger charge is -2.30. The quantitative estimate of drug-likeness (QED) is 0.311. The average Bonchev–Trinajstić information content (AvgIpc) is 3.63. The van der Waals surface area contributed by atoms with Gasteiger partial charge in [0, 0.05) is 25.6 Å². The van der Waals surface area contributed by atoms with E-state index < -0.39 is 30.4 Å². The van der Waals surface area contributed by atoms with Gasteiger partial charge in [-0.2, -0.15) is 0 Å². The fourth-order valence-corrected chi connectivity index (χ4v) is 5.20. The number of nitrogen functional groups attached to an aromatic ring is 1. The molecule has 0 spiro atoms. The van der Waals surface area contributed by atoms with E-state index in [2.05, 4.69) is 32.1 Å². The van der Waals surface area contributed by atoms with E-state index in [1.807, 2.05) is 30.3 Å². The minimum Gasteiger partial charge on any atom is -0.445 e. The number of rotatable bonds is 6. The zero-order chi connectivity index (χ0) is 29.2. The molecule has 2 unspecified atom stereocenters. The molecule has 13 nitrogen and oxygen atoms in total. The number of carbonyl (C=O) groups is 2. The number of nitrogens with one attached hydrogen (secondary N) is 1. The third kappa shape index (κ3) is 6.01. The summed E-state index contributed by atoms with van der Waals surface area (Å²) in [5.41, 5.74) is 7.64. The van der Waals surface area contributed by atoms with Crippen LogP contribution in [-0.2, 0) is 20.9 Å². The number of nitrogens with zero attached hydrogens (tertiary/aromatic N) is 5. The Morgan fingerprint density at radius 2 is 1.86 bits per heavy atom. The van der Waals surface area contributed by atoms with Crippen molar-refractivity contribution in [1.82, 2.24) is 29.7 Å². The summed E-state index contributed by atoms with van der Waals surface area (Å²) in [6.07, 6.45) is -0.0710. The molecule has 13 heteroatoms. The molecule has 2 amide bonds. The number of aromatic nitrogens is 4. The number of fused-ring (bicyclic) bond motifs is 1. The third-order valence-corrected chi connectivity index (χ3v) is 7.81. The molecule has 42 heavy (non-hydrogen) atoms. The Labute approximate surface area is 242 Å². The van der Waals surface area contributed by atoms with Crippen molar-refractivity contribution in [1.29, 1.82) is 0 Å². The molecule has 2 aliphatic heterocycles. The lowest BCUT2D eigenvalue weighted by atomic mass is 9.94. The number of piperidine rings is 1. The van der Waals surface area contributed by atoms with Gasteiger partial charge in [-0.1, -0.05) is 36.3 Å². The molecule has 1 aromatic carbocycles. The topological polar surface area (TPSA) is 178 Å². The zero-order valence-electron chi connectivity index (χ0n) is 22.9. The molecule has 4 heterocycles. The van der Waals surface area contributed by atoms with Gasteiger partial charge in [-0.05, 0) is 43.1 Å². The van der Waals surface area contributed by atoms with Gasteiger partial charge in [0.25, 0.3) is 5.91 Å². The zero-order valence-corrected chi connectivity index (χ0v) is 22.9. The predicted molar refractivity (Wildman–Crippen MR) is 149 cm³/mol. The highest BCUT2D eigenvalue weighted by Crippen LogP contribution is 2.33. The number of anilines is 1. The van der Waals surface area contributed by atoms with E-state index in [9.17, 15) is 19.8 Å². The lowest BCUT2D eigenvalue weighted by molar-refractivity contribution is -0.137. The van der Waals surface area contributed by atoms with Gasteiger partial charge < -0.3 is 35.6 Å². The molecule has 220 valence electrons. The first kappa shape index (κ1) is 27.9. The van der Waals surface area contributed by atoms with E-state index >= 15 is 0 Å². The first-order valence-electron chi connectivity index (χ1n) is 14.1. The number of likely N-dealkylation sites (tertiary alicyclic amines) is 1. The number of nitrogens with two attached hydrogens (primary N) is 1. The van der Waals surface area contributed by atoms with Crippen molar-refractivity contribution in [2.45, 2.75) is 69.3 Å². The van der Waals surface area contributed by atoms with Crippen molar-refractivity contribution >= 4 is 29.0 Å². The van der Waals surface area contributed by atoms with Gasteiger partial charge in [0.1, 0.15) is 24.3 Å². The van der Waals surface area contributed by atoms with Crippen LogP contribution in [0.2, 0.25) is 0 Å². The number of aliphatic hydroxyl groups excluding tert-OH is 2. The van der Waals surface area contributed by atoms with E-state index in [1.54, 1.807) is 4.90 Å². The molecule has 2 saturated heterocycles. The Bertz CT molecular complexity index is 1510. The molecule has 6 rings (SSSR count). The standard InChI is InChI=1S/C29H33N7O6/c30-25-21-26(36(16-31-21)28-23(38)22(37)24(42-28)27(39)32-19-9-10-19)34-20(33-25)8-4-7-17-11-13-35(14-12-17)29(40)41-15-18-5-2-1-3-6-18/h1-3,5-6,16-17,19,22-24,28,37-38H,7,9-15H2,(H,32,39)(H2,30,33,34)/t22-,23+,24?,28?/m1/s1. The Kier molecular flexibility index (Phi) is 7.92. The minimum atomic E-state index is -1.42. The van der Waals surface area contributed by atoms with Crippen molar-refractivity contribution in [3.63, 3.8) is 0 Å². The van der Waals surface area contributed by atoms with Crippen LogP contribution < -0.4 is 11.1 Å². The number of imidazole rings is 1. The molecule has 1 saturated carbocycles. The van der Waals surface area contributed by atoms with E-state index in [0.717, 1.165) is 31.2 Å². The second kappa shape index (κ2) is 11.9. The van der Waals surface area contributed by atoms with Gasteiger partial charge >= 0.3 is 6.09 Å². The Morgan fingerprint density at radius 1 is 1.10 bits per heavy atom. The van der Waals surface area contributed by atoms with Crippen LogP contribution in [0.25, 0.3) is 11.2 Å². The van der Waals surface area contributed by atoms with Crippen LogP contribution in [0, 0.1) is 17.8 Å². The highest BCUT2D eigenvalue weighted by atomic mass is 16.6. The van der Waals surface area contributed by atoms with Crippen LogP contribution in [0.15, 0.2) is 36.7 Å². The molecular formula is C29H33N7O6. The van der Waals surface area contributed by atoms with E-state index in [-0.39, 0.29) is 36.0 Å². The van der Waals surface area contributed by atoms with E-state index in [0.29, 0.717) is 30.9 Å². The SMILES string of the molecule is Nc1nc(C#CCC2CCN(C(=O)OCc3ccccc3)CC2)nc2c1ncn2C1OC(C(=O)NC2CC2)[C@H](O)[C@@H]1O. The number of aliphatic hydroxyl groups is 2. The first-order chi connectivity index (χ1) is 20.4. The predicted octanol–water partition coefficient (Wildman–Crippen LogP) is 1.10. The highest BCUT2D eigenvalue weighted by molar-refractivity contribution is 5.83. The van der Waals surface area contributed by atoms with Crippen LogP contribution in [0.3, 0.4) is 0 Å². The summed E-state index contributed by atoms with van der Waals surface area (Å²) in [4.78, 5) is 39.6.